The Balaban J connectivity index is 1.51. The van der Waals surface area contributed by atoms with Gasteiger partial charge in [0.1, 0.15) is 16.9 Å². The van der Waals surface area contributed by atoms with Crippen molar-refractivity contribution in [2.75, 3.05) is 25.0 Å². The van der Waals surface area contributed by atoms with Crippen LogP contribution >= 0.6 is 11.3 Å². The van der Waals surface area contributed by atoms with Gasteiger partial charge in [0.25, 0.3) is 11.8 Å². The molecule has 0 aliphatic carbocycles. The van der Waals surface area contributed by atoms with Gasteiger partial charge >= 0.3 is 5.97 Å². The predicted octanol–water partition coefficient (Wildman–Crippen LogP) is 2.79. The highest BCUT2D eigenvalue weighted by Crippen LogP contribution is 2.22. The van der Waals surface area contributed by atoms with Crippen molar-refractivity contribution in [2.24, 2.45) is 5.92 Å². The summed E-state index contributed by atoms with van der Waals surface area (Å²) in [5.41, 5.74) is 0.695. The van der Waals surface area contributed by atoms with Crippen LogP contribution in [0.1, 0.15) is 28.8 Å². The number of piperidine rings is 1. The molecule has 1 unspecified atom stereocenters. The van der Waals surface area contributed by atoms with Crippen LogP contribution in [0.25, 0.3) is 0 Å². The molecule has 2 amide bonds. The number of likely N-dealkylation sites (tertiary alicyclic amines) is 1. The van der Waals surface area contributed by atoms with Crippen LogP contribution in [0.15, 0.2) is 35.7 Å². The molecule has 9 heteroatoms. The van der Waals surface area contributed by atoms with E-state index in [0.717, 1.165) is 0 Å². The summed E-state index contributed by atoms with van der Waals surface area (Å²) < 4.78 is 18.1. The maximum absolute atomic E-state index is 13.0. The molecule has 1 aromatic heterocycles. The molecular weight excluding hydrogens is 397 g/mol. The fraction of sp³-hybridized carbons (Fsp3) is 0.300. The molecule has 1 N–H and O–H groups in total. The van der Waals surface area contributed by atoms with Crippen LogP contribution in [0, 0.1) is 23.1 Å². The van der Waals surface area contributed by atoms with E-state index in [-0.39, 0.29) is 12.5 Å². The van der Waals surface area contributed by atoms with Gasteiger partial charge in [-0.25, -0.2) is 4.39 Å². The Morgan fingerprint density at radius 1 is 1.28 bits per heavy atom. The smallest absolute Gasteiger partial charge is 0.311 e. The largest absolute Gasteiger partial charge is 0.455 e. The minimum Gasteiger partial charge on any atom is -0.455 e. The first-order valence-electron chi connectivity index (χ1n) is 8.97. The molecule has 1 aliphatic rings. The zero-order valence-corrected chi connectivity index (χ0v) is 16.2. The summed E-state index contributed by atoms with van der Waals surface area (Å²) in [6.45, 7) is 0.208. The van der Waals surface area contributed by atoms with E-state index in [1.165, 1.54) is 40.5 Å². The lowest BCUT2D eigenvalue weighted by molar-refractivity contribution is -0.152. The third-order valence-electron chi connectivity index (χ3n) is 4.52. The molecule has 1 aliphatic heterocycles. The van der Waals surface area contributed by atoms with Crippen LogP contribution < -0.4 is 5.32 Å². The summed E-state index contributed by atoms with van der Waals surface area (Å²) >= 11 is 1.20. The number of hydrogen-bond donors (Lipinski definition) is 1. The Labute approximate surface area is 170 Å². The number of nitrogens with zero attached hydrogens (tertiary/aromatic N) is 2. The topological polar surface area (TPSA) is 99.5 Å². The summed E-state index contributed by atoms with van der Waals surface area (Å²) in [6, 6.07) is 8.79. The molecule has 0 bridgehead atoms. The lowest BCUT2D eigenvalue weighted by atomic mass is 9.97. The van der Waals surface area contributed by atoms with Crippen molar-refractivity contribution in [2.45, 2.75) is 12.8 Å². The van der Waals surface area contributed by atoms with Gasteiger partial charge in [-0.3, -0.25) is 14.4 Å². The van der Waals surface area contributed by atoms with E-state index < -0.39 is 30.2 Å². The number of carbonyl (C=O) groups is 3. The number of hydrogen-bond acceptors (Lipinski definition) is 6. The van der Waals surface area contributed by atoms with E-state index in [9.17, 15) is 18.8 Å². The minimum atomic E-state index is -0.552. The number of amides is 2. The summed E-state index contributed by atoms with van der Waals surface area (Å²) in [7, 11) is 0. The van der Waals surface area contributed by atoms with Crippen molar-refractivity contribution in [3.8, 4) is 6.07 Å². The minimum absolute atomic E-state index is 0.181. The second-order valence-electron chi connectivity index (χ2n) is 6.53. The molecule has 0 spiro atoms. The number of nitrogens with one attached hydrogen (secondary N) is 1. The SMILES string of the molecule is N#Cc1ccsc1NC(=O)COC(=O)C1CCCN(C(=O)c2ccc(F)cc2)C1. The fourth-order valence-electron chi connectivity index (χ4n) is 3.04. The van der Waals surface area contributed by atoms with Gasteiger partial charge in [0.15, 0.2) is 6.61 Å². The van der Waals surface area contributed by atoms with Crippen molar-refractivity contribution >= 4 is 34.1 Å². The Kier molecular flexibility index (Phi) is 6.57. The van der Waals surface area contributed by atoms with Gasteiger partial charge in [-0.05, 0) is 48.6 Å². The predicted molar refractivity (Wildman–Crippen MR) is 104 cm³/mol. The first-order valence-corrected chi connectivity index (χ1v) is 9.85. The average molecular weight is 415 g/mol. The molecule has 29 heavy (non-hydrogen) atoms. The molecule has 1 fully saturated rings. The molecule has 0 saturated carbocycles. The zero-order chi connectivity index (χ0) is 20.8. The molecule has 150 valence electrons. The molecule has 1 atom stereocenters. The van der Waals surface area contributed by atoms with E-state index in [1.807, 2.05) is 6.07 Å². The highest BCUT2D eigenvalue weighted by Gasteiger charge is 2.30. The second kappa shape index (κ2) is 9.30. The first kappa shape index (κ1) is 20.5. The zero-order valence-electron chi connectivity index (χ0n) is 15.4. The number of carbonyl (C=O) groups excluding carboxylic acids is 3. The standard InChI is InChI=1S/C20H18FN3O4S/c21-16-5-3-13(4-6-16)19(26)24-8-1-2-15(11-24)20(27)28-12-17(25)23-18-14(10-22)7-9-29-18/h3-7,9,15H,1-2,8,11-12H2,(H,23,25). The maximum atomic E-state index is 13.0. The third kappa shape index (κ3) is 5.18. The van der Waals surface area contributed by atoms with E-state index in [4.69, 9.17) is 10.00 Å². The highest BCUT2D eigenvalue weighted by molar-refractivity contribution is 7.14. The van der Waals surface area contributed by atoms with Gasteiger partial charge in [-0.1, -0.05) is 0 Å². The summed E-state index contributed by atoms with van der Waals surface area (Å²) in [5.74, 6) is -2.32. The van der Waals surface area contributed by atoms with Gasteiger partial charge in [-0.2, -0.15) is 5.26 Å². The monoisotopic (exact) mass is 415 g/mol. The van der Waals surface area contributed by atoms with Crippen molar-refractivity contribution in [3.05, 3.63) is 52.7 Å². The van der Waals surface area contributed by atoms with Gasteiger partial charge in [0.2, 0.25) is 0 Å². The van der Waals surface area contributed by atoms with E-state index in [0.29, 0.717) is 35.5 Å². The number of benzene rings is 1. The van der Waals surface area contributed by atoms with Crippen LogP contribution in [0.2, 0.25) is 0 Å². The average Bonchev–Trinajstić information content (AvgIpc) is 3.19. The lowest BCUT2D eigenvalue weighted by Crippen LogP contribution is -2.43. The van der Waals surface area contributed by atoms with Crippen molar-refractivity contribution < 1.29 is 23.5 Å². The van der Waals surface area contributed by atoms with Crippen LogP contribution in [0.4, 0.5) is 9.39 Å². The molecule has 1 aromatic carbocycles. The Morgan fingerprint density at radius 3 is 2.76 bits per heavy atom. The molecule has 2 heterocycles. The van der Waals surface area contributed by atoms with E-state index in [2.05, 4.69) is 5.32 Å². The van der Waals surface area contributed by atoms with Gasteiger partial charge in [0, 0.05) is 18.7 Å². The van der Waals surface area contributed by atoms with Crippen LogP contribution in [-0.2, 0) is 14.3 Å². The van der Waals surface area contributed by atoms with Gasteiger partial charge < -0.3 is 15.0 Å². The molecule has 2 aromatic rings. The van der Waals surface area contributed by atoms with Crippen molar-refractivity contribution in [1.82, 2.24) is 4.90 Å². The summed E-state index contributed by atoms with van der Waals surface area (Å²) in [6.07, 6.45) is 1.18. The van der Waals surface area contributed by atoms with Crippen LogP contribution in [0.5, 0.6) is 0 Å². The third-order valence-corrected chi connectivity index (χ3v) is 5.35. The normalized spacial score (nSPS) is 16.0. The Bertz CT molecular complexity index is 951. The van der Waals surface area contributed by atoms with Gasteiger partial charge in [-0.15, -0.1) is 11.3 Å². The van der Waals surface area contributed by atoms with Crippen molar-refractivity contribution in [1.29, 1.82) is 5.26 Å². The number of anilines is 1. The number of ether oxygens (including phenoxy) is 1. The molecule has 7 nitrogen and oxygen atoms in total. The van der Waals surface area contributed by atoms with E-state index in [1.54, 1.807) is 11.4 Å². The quantitative estimate of drug-likeness (QED) is 0.757. The van der Waals surface area contributed by atoms with Gasteiger partial charge in [0.05, 0.1) is 11.5 Å². The number of esters is 1. The Hall–Kier alpha value is -3.25. The van der Waals surface area contributed by atoms with Crippen LogP contribution in [0.3, 0.4) is 0 Å². The van der Waals surface area contributed by atoms with Crippen molar-refractivity contribution in [3.63, 3.8) is 0 Å². The fourth-order valence-corrected chi connectivity index (χ4v) is 3.79. The lowest BCUT2D eigenvalue weighted by Gasteiger charge is -2.31. The maximum Gasteiger partial charge on any atom is 0.311 e. The molecular formula is C20H18FN3O4S. The van der Waals surface area contributed by atoms with E-state index >= 15 is 0 Å². The number of halogens is 1. The summed E-state index contributed by atoms with van der Waals surface area (Å²) in [5, 5.41) is 13.6. The first-order chi connectivity index (χ1) is 14.0. The second-order valence-corrected chi connectivity index (χ2v) is 7.44. The number of thiophene rings is 1. The molecule has 1 saturated heterocycles. The number of rotatable bonds is 5. The highest BCUT2D eigenvalue weighted by atomic mass is 32.1. The Morgan fingerprint density at radius 2 is 2.03 bits per heavy atom. The number of nitriles is 1. The van der Waals surface area contributed by atoms with Crippen LogP contribution in [-0.4, -0.2) is 42.4 Å². The molecule has 3 rings (SSSR count). The molecule has 0 radical (unpaired) electrons. The summed E-state index contributed by atoms with van der Waals surface area (Å²) in [4.78, 5) is 38.4.